The van der Waals surface area contributed by atoms with Crippen molar-refractivity contribution in [3.63, 3.8) is 0 Å². The third-order valence-electron chi connectivity index (χ3n) is 3.78. The van der Waals surface area contributed by atoms with Crippen molar-refractivity contribution in [1.29, 1.82) is 0 Å². The Bertz CT molecular complexity index is 504. The molecular weight excluding hydrogens is 247 g/mol. The van der Waals surface area contributed by atoms with E-state index in [1.807, 2.05) is 11.8 Å². The minimum Gasteiger partial charge on any atom is -0.478 e. The highest BCUT2D eigenvalue weighted by Crippen LogP contribution is 2.32. The summed E-state index contributed by atoms with van der Waals surface area (Å²) < 4.78 is 14.1. The van der Waals surface area contributed by atoms with Crippen molar-refractivity contribution in [2.45, 2.75) is 32.7 Å². The third-order valence-corrected chi connectivity index (χ3v) is 3.78. The quantitative estimate of drug-likeness (QED) is 0.808. The van der Waals surface area contributed by atoms with Crippen LogP contribution in [0.15, 0.2) is 12.1 Å². The zero-order valence-corrected chi connectivity index (χ0v) is 11.2. The topological polar surface area (TPSA) is 66.6 Å². The summed E-state index contributed by atoms with van der Waals surface area (Å²) in [6.45, 7) is 4.88. The van der Waals surface area contributed by atoms with Crippen LogP contribution in [0, 0.1) is 11.7 Å². The molecule has 0 radical (unpaired) electrons. The summed E-state index contributed by atoms with van der Waals surface area (Å²) in [7, 11) is 0. The molecule has 4 nitrogen and oxygen atoms in total. The Morgan fingerprint density at radius 3 is 2.74 bits per heavy atom. The summed E-state index contributed by atoms with van der Waals surface area (Å²) >= 11 is 0. The van der Waals surface area contributed by atoms with Crippen molar-refractivity contribution in [2.24, 2.45) is 5.92 Å². The van der Waals surface area contributed by atoms with Crippen LogP contribution in [0.1, 0.15) is 37.0 Å². The molecule has 1 aromatic carbocycles. The lowest BCUT2D eigenvalue weighted by Crippen LogP contribution is -2.41. The number of anilines is 2. The maximum atomic E-state index is 14.1. The number of nitrogen functional groups attached to an aromatic ring is 1. The standard InChI is InChI=1S/C14H19FN2O2/c1-8-3-4-9(2)17(7-8)13-5-10(14(18)19)12(16)6-11(13)15/h5-6,8-9H,3-4,7,16H2,1-2H3,(H,18,19). The lowest BCUT2D eigenvalue weighted by atomic mass is 9.94. The number of carboxylic acids is 1. The van der Waals surface area contributed by atoms with E-state index in [0.717, 1.165) is 25.5 Å². The van der Waals surface area contributed by atoms with Crippen LogP contribution in [0.3, 0.4) is 0 Å². The van der Waals surface area contributed by atoms with Gasteiger partial charge in [-0.05, 0) is 37.8 Å². The van der Waals surface area contributed by atoms with Gasteiger partial charge in [-0.3, -0.25) is 0 Å². The average molecular weight is 266 g/mol. The first-order valence-electron chi connectivity index (χ1n) is 6.49. The van der Waals surface area contributed by atoms with Crippen molar-refractivity contribution < 1.29 is 14.3 Å². The molecular formula is C14H19FN2O2. The molecule has 2 rings (SSSR count). The molecule has 1 aromatic rings. The smallest absolute Gasteiger partial charge is 0.337 e. The Balaban J connectivity index is 2.43. The van der Waals surface area contributed by atoms with Crippen molar-refractivity contribution >= 4 is 17.3 Å². The second kappa shape index (κ2) is 5.07. The van der Waals surface area contributed by atoms with Gasteiger partial charge in [-0.1, -0.05) is 6.92 Å². The van der Waals surface area contributed by atoms with Crippen LogP contribution < -0.4 is 10.6 Å². The van der Waals surface area contributed by atoms with Crippen LogP contribution in [0.4, 0.5) is 15.8 Å². The molecule has 1 fully saturated rings. The SMILES string of the molecule is CC1CCC(C)N(c2cc(C(=O)O)c(N)cc2F)C1. The van der Waals surface area contributed by atoms with E-state index in [2.05, 4.69) is 6.92 Å². The van der Waals surface area contributed by atoms with E-state index in [9.17, 15) is 9.18 Å². The predicted molar refractivity (Wildman–Crippen MR) is 73.0 cm³/mol. The fourth-order valence-electron chi connectivity index (χ4n) is 2.61. The van der Waals surface area contributed by atoms with Gasteiger partial charge in [-0.15, -0.1) is 0 Å². The van der Waals surface area contributed by atoms with Crippen LogP contribution in [-0.2, 0) is 0 Å². The minimum absolute atomic E-state index is 0.0357. The average Bonchev–Trinajstić information content (AvgIpc) is 2.32. The van der Waals surface area contributed by atoms with E-state index in [-0.39, 0.29) is 17.3 Å². The van der Waals surface area contributed by atoms with E-state index in [4.69, 9.17) is 10.8 Å². The summed E-state index contributed by atoms with van der Waals surface area (Å²) in [5.74, 6) is -1.11. The molecule has 1 aliphatic heterocycles. The van der Waals surface area contributed by atoms with Crippen molar-refractivity contribution in [2.75, 3.05) is 17.2 Å². The van der Waals surface area contributed by atoms with Gasteiger partial charge in [-0.25, -0.2) is 9.18 Å². The van der Waals surface area contributed by atoms with Gasteiger partial charge in [-0.2, -0.15) is 0 Å². The first-order chi connectivity index (χ1) is 8.90. The van der Waals surface area contributed by atoms with Crippen LogP contribution in [0.2, 0.25) is 0 Å². The maximum absolute atomic E-state index is 14.1. The highest BCUT2D eigenvalue weighted by molar-refractivity contribution is 5.95. The van der Waals surface area contributed by atoms with E-state index < -0.39 is 11.8 Å². The van der Waals surface area contributed by atoms with Crippen molar-refractivity contribution in [3.8, 4) is 0 Å². The van der Waals surface area contributed by atoms with Crippen LogP contribution >= 0.6 is 0 Å². The van der Waals surface area contributed by atoms with E-state index in [1.54, 1.807) is 0 Å². The predicted octanol–water partition coefficient (Wildman–Crippen LogP) is 2.73. The molecule has 0 saturated carbocycles. The number of nitrogens with two attached hydrogens (primary N) is 1. The number of carboxylic acid groups (broad SMARTS) is 1. The fraction of sp³-hybridized carbons (Fsp3) is 0.500. The molecule has 19 heavy (non-hydrogen) atoms. The molecule has 2 unspecified atom stereocenters. The molecule has 2 atom stereocenters. The van der Waals surface area contributed by atoms with Gasteiger partial charge in [0.05, 0.1) is 11.3 Å². The zero-order valence-electron chi connectivity index (χ0n) is 11.2. The summed E-state index contributed by atoms with van der Waals surface area (Å²) in [4.78, 5) is 13.0. The molecule has 1 saturated heterocycles. The molecule has 1 aliphatic rings. The van der Waals surface area contributed by atoms with E-state index >= 15 is 0 Å². The van der Waals surface area contributed by atoms with Crippen LogP contribution in [-0.4, -0.2) is 23.7 Å². The number of rotatable bonds is 2. The molecule has 0 aliphatic carbocycles. The molecule has 0 aromatic heterocycles. The summed E-state index contributed by atoms with van der Waals surface area (Å²) in [6, 6.07) is 2.66. The summed E-state index contributed by atoms with van der Waals surface area (Å²) in [5, 5.41) is 9.08. The number of benzene rings is 1. The van der Waals surface area contributed by atoms with Gasteiger partial charge in [0.1, 0.15) is 5.82 Å². The molecule has 5 heteroatoms. The molecule has 1 heterocycles. The number of carbonyl (C=O) groups is 1. The normalized spacial score (nSPS) is 23.4. The Kier molecular flexibility index (Phi) is 3.64. The van der Waals surface area contributed by atoms with Gasteiger partial charge in [0.15, 0.2) is 0 Å². The number of halogens is 1. The second-order valence-electron chi connectivity index (χ2n) is 5.38. The fourth-order valence-corrected chi connectivity index (χ4v) is 2.61. The molecule has 0 bridgehead atoms. The van der Waals surface area contributed by atoms with Gasteiger partial charge in [0.25, 0.3) is 0 Å². The van der Waals surface area contributed by atoms with Gasteiger partial charge < -0.3 is 15.7 Å². The Hall–Kier alpha value is -1.78. The molecule has 3 N–H and O–H groups in total. The lowest BCUT2D eigenvalue weighted by molar-refractivity contribution is 0.0698. The zero-order chi connectivity index (χ0) is 14.2. The van der Waals surface area contributed by atoms with E-state index in [1.165, 1.54) is 6.07 Å². The molecule has 0 spiro atoms. The number of piperidine rings is 1. The lowest BCUT2D eigenvalue weighted by Gasteiger charge is -2.38. The number of aromatic carboxylic acids is 1. The van der Waals surface area contributed by atoms with Gasteiger partial charge >= 0.3 is 5.97 Å². The monoisotopic (exact) mass is 266 g/mol. The third kappa shape index (κ3) is 2.64. The van der Waals surface area contributed by atoms with E-state index in [0.29, 0.717) is 11.6 Å². The van der Waals surface area contributed by atoms with Gasteiger partial charge in [0, 0.05) is 18.3 Å². The summed E-state index contributed by atoms with van der Waals surface area (Å²) in [6.07, 6.45) is 2.09. The maximum Gasteiger partial charge on any atom is 0.337 e. The number of hydrogen-bond donors (Lipinski definition) is 2. The number of nitrogens with zero attached hydrogens (tertiary/aromatic N) is 1. The minimum atomic E-state index is -1.13. The van der Waals surface area contributed by atoms with Crippen LogP contribution in [0.25, 0.3) is 0 Å². The Labute approximate surface area is 112 Å². The van der Waals surface area contributed by atoms with Crippen molar-refractivity contribution in [1.82, 2.24) is 0 Å². The van der Waals surface area contributed by atoms with Gasteiger partial charge in [0.2, 0.25) is 0 Å². The van der Waals surface area contributed by atoms with Crippen molar-refractivity contribution in [3.05, 3.63) is 23.5 Å². The Morgan fingerprint density at radius 1 is 1.42 bits per heavy atom. The molecule has 104 valence electrons. The first kappa shape index (κ1) is 13.6. The summed E-state index contributed by atoms with van der Waals surface area (Å²) in [5.41, 5.74) is 5.81. The Morgan fingerprint density at radius 2 is 2.11 bits per heavy atom. The first-order valence-corrected chi connectivity index (χ1v) is 6.49. The highest BCUT2D eigenvalue weighted by Gasteiger charge is 2.26. The highest BCUT2D eigenvalue weighted by atomic mass is 19.1. The second-order valence-corrected chi connectivity index (χ2v) is 5.38. The largest absolute Gasteiger partial charge is 0.478 e. The van der Waals surface area contributed by atoms with Crippen LogP contribution in [0.5, 0.6) is 0 Å². The molecule has 0 amide bonds. The number of hydrogen-bond acceptors (Lipinski definition) is 3.